The second kappa shape index (κ2) is 9.42. The number of hydrogen-bond acceptors (Lipinski definition) is 9. The van der Waals surface area contributed by atoms with Crippen LogP contribution in [-0.4, -0.2) is 60.6 Å². The smallest absolute Gasteiger partial charge is 0.313 e. The Hall–Kier alpha value is -3.08. The van der Waals surface area contributed by atoms with Crippen molar-refractivity contribution < 1.29 is 24.5 Å². The van der Waals surface area contributed by atoms with Gasteiger partial charge in [0.1, 0.15) is 24.1 Å². The first kappa shape index (κ1) is 23.1. The molecule has 0 aliphatic carbocycles. The number of esters is 1. The van der Waals surface area contributed by atoms with Gasteiger partial charge in [0, 0.05) is 0 Å². The second-order valence-corrected chi connectivity index (χ2v) is 8.78. The molecule has 2 aromatic heterocycles. The predicted molar refractivity (Wildman–Crippen MR) is 120 cm³/mol. The van der Waals surface area contributed by atoms with Gasteiger partial charge in [-0.25, -0.2) is 15.0 Å². The van der Waals surface area contributed by atoms with E-state index in [-0.39, 0.29) is 5.82 Å². The zero-order valence-electron chi connectivity index (χ0n) is 18.8. The number of aliphatic hydroxyl groups is 2. The standard InChI is InChI=1S/C23H29N5O5/c1-12(2)8-14-4-6-15(7-5-14)13(3)23(31)33-19-18(30)16(9-29)32-22(19)28-11-27-17-20(24)25-10-26-21(17)28/h4-7,10-13,16,18-19,22,29-30H,8-9H2,1-3H3,(H2,24,25,26)/t13?,16-,18-,19-,22-/m1/s1. The van der Waals surface area contributed by atoms with Gasteiger partial charge in [-0.1, -0.05) is 38.1 Å². The molecule has 10 nitrogen and oxygen atoms in total. The molecule has 1 fully saturated rings. The summed E-state index contributed by atoms with van der Waals surface area (Å²) in [4.78, 5) is 25.3. The van der Waals surface area contributed by atoms with Crippen molar-refractivity contribution in [3.63, 3.8) is 0 Å². The Labute approximate surface area is 191 Å². The maximum atomic E-state index is 13.0. The van der Waals surface area contributed by atoms with Gasteiger partial charge in [-0.05, 0) is 30.4 Å². The molecule has 33 heavy (non-hydrogen) atoms. The van der Waals surface area contributed by atoms with Crippen LogP contribution < -0.4 is 5.73 Å². The number of rotatable bonds is 7. The molecule has 4 N–H and O–H groups in total. The lowest BCUT2D eigenvalue weighted by Gasteiger charge is -2.23. The van der Waals surface area contributed by atoms with Gasteiger partial charge in [0.2, 0.25) is 0 Å². The molecule has 3 aromatic rings. The van der Waals surface area contributed by atoms with E-state index in [9.17, 15) is 15.0 Å². The Morgan fingerprint density at radius 1 is 1.21 bits per heavy atom. The van der Waals surface area contributed by atoms with E-state index in [4.69, 9.17) is 15.2 Å². The van der Waals surface area contributed by atoms with E-state index in [2.05, 4.69) is 28.8 Å². The molecule has 3 heterocycles. The number of anilines is 1. The fourth-order valence-corrected chi connectivity index (χ4v) is 4.06. The third-order valence-corrected chi connectivity index (χ3v) is 5.88. The molecular weight excluding hydrogens is 426 g/mol. The number of ether oxygens (including phenoxy) is 2. The minimum Gasteiger partial charge on any atom is -0.454 e. The van der Waals surface area contributed by atoms with Crippen molar-refractivity contribution in [2.24, 2.45) is 5.92 Å². The van der Waals surface area contributed by atoms with Crippen molar-refractivity contribution in [2.75, 3.05) is 12.3 Å². The number of imidazole rings is 1. The highest BCUT2D eigenvalue weighted by Gasteiger charge is 2.48. The van der Waals surface area contributed by atoms with Crippen LogP contribution in [0.2, 0.25) is 0 Å². The van der Waals surface area contributed by atoms with E-state index in [0.29, 0.717) is 17.1 Å². The normalized spacial score (nSPS) is 23.8. The van der Waals surface area contributed by atoms with Gasteiger partial charge in [0.25, 0.3) is 0 Å². The maximum absolute atomic E-state index is 13.0. The Kier molecular flexibility index (Phi) is 6.59. The average molecular weight is 456 g/mol. The molecule has 1 unspecified atom stereocenters. The summed E-state index contributed by atoms with van der Waals surface area (Å²) in [7, 11) is 0. The van der Waals surface area contributed by atoms with Crippen LogP contribution in [-0.2, 0) is 20.7 Å². The number of nitrogens with two attached hydrogens (primary N) is 1. The summed E-state index contributed by atoms with van der Waals surface area (Å²) in [5.74, 6) is -0.338. The van der Waals surface area contributed by atoms with Crippen molar-refractivity contribution in [3.05, 3.63) is 48.0 Å². The Bertz CT molecular complexity index is 1120. The zero-order valence-corrected chi connectivity index (χ0v) is 18.8. The first-order chi connectivity index (χ1) is 15.8. The number of aromatic nitrogens is 4. The Morgan fingerprint density at radius 3 is 2.61 bits per heavy atom. The quantitative estimate of drug-likeness (QED) is 0.452. The summed E-state index contributed by atoms with van der Waals surface area (Å²) in [5, 5.41) is 20.4. The fraction of sp³-hybridized carbons (Fsp3) is 0.478. The lowest BCUT2D eigenvalue weighted by atomic mass is 9.97. The van der Waals surface area contributed by atoms with Crippen LogP contribution in [0, 0.1) is 5.92 Å². The highest BCUT2D eigenvalue weighted by atomic mass is 16.6. The van der Waals surface area contributed by atoms with Crippen molar-refractivity contribution in [1.29, 1.82) is 0 Å². The lowest BCUT2D eigenvalue weighted by Crippen LogP contribution is -2.37. The Morgan fingerprint density at radius 2 is 1.94 bits per heavy atom. The number of carbonyl (C=O) groups excluding carboxylic acids is 1. The van der Waals surface area contributed by atoms with Crippen LogP contribution in [0.3, 0.4) is 0 Å². The summed E-state index contributed by atoms with van der Waals surface area (Å²) in [6.45, 7) is 5.62. The molecule has 176 valence electrons. The summed E-state index contributed by atoms with van der Waals surface area (Å²) in [6.07, 6.45) is -0.508. The highest BCUT2D eigenvalue weighted by molar-refractivity contribution is 5.81. The molecule has 0 spiro atoms. The summed E-state index contributed by atoms with van der Waals surface area (Å²) in [6, 6.07) is 7.86. The number of aliphatic hydroxyl groups excluding tert-OH is 2. The molecule has 0 amide bonds. The molecule has 1 aromatic carbocycles. The molecule has 1 aliphatic heterocycles. The maximum Gasteiger partial charge on any atom is 0.313 e. The molecule has 4 rings (SSSR count). The predicted octanol–water partition coefficient (Wildman–Crippen LogP) is 1.57. The third kappa shape index (κ3) is 4.54. The summed E-state index contributed by atoms with van der Waals surface area (Å²) >= 11 is 0. The fourth-order valence-electron chi connectivity index (χ4n) is 4.06. The first-order valence-electron chi connectivity index (χ1n) is 11.0. The first-order valence-corrected chi connectivity index (χ1v) is 11.0. The molecule has 0 radical (unpaired) electrons. The topological polar surface area (TPSA) is 146 Å². The van der Waals surface area contributed by atoms with Crippen molar-refractivity contribution in [1.82, 2.24) is 19.5 Å². The van der Waals surface area contributed by atoms with Crippen LogP contribution >= 0.6 is 0 Å². The van der Waals surface area contributed by atoms with Gasteiger partial charge in [0.05, 0.1) is 18.9 Å². The lowest BCUT2D eigenvalue weighted by molar-refractivity contribution is -0.160. The number of carbonyl (C=O) groups is 1. The van der Waals surface area contributed by atoms with Gasteiger partial charge in [-0.3, -0.25) is 9.36 Å². The molecule has 5 atom stereocenters. The average Bonchev–Trinajstić information content (AvgIpc) is 3.35. The summed E-state index contributed by atoms with van der Waals surface area (Å²) < 4.78 is 13.1. The van der Waals surface area contributed by atoms with Crippen LogP contribution in [0.1, 0.15) is 44.0 Å². The monoisotopic (exact) mass is 455 g/mol. The Balaban J connectivity index is 1.56. The molecular formula is C23H29N5O5. The van der Waals surface area contributed by atoms with Crippen LogP contribution in [0.4, 0.5) is 5.82 Å². The number of fused-ring (bicyclic) bond motifs is 1. The van der Waals surface area contributed by atoms with E-state index >= 15 is 0 Å². The number of nitrogens with zero attached hydrogens (tertiary/aromatic N) is 4. The van der Waals surface area contributed by atoms with Crippen LogP contribution in [0.15, 0.2) is 36.9 Å². The van der Waals surface area contributed by atoms with E-state index in [0.717, 1.165) is 12.0 Å². The van der Waals surface area contributed by atoms with Gasteiger partial charge in [0.15, 0.2) is 23.8 Å². The van der Waals surface area contributed by atoms with Crippen LogP contribution in [0.5, 0.6) is 0 Å². The second-order valence-electron chi connectivity index (χ2n) is 8.78. The number of benzene rings is 1. The molecule has 0 bridgehead atoms. The SMILES string of the molecule is CC(C)Cc1ccc(C(C)C(=O)O[C@@H]2[C@H](O)[C@@H](CO)O[C@H]2n2cnc3c(N)ncnc32)cc1. The highest BCUT2D eigenvalue weighted by Crippen LogP contribution is 2.35. The van der Waals surface area contributed by atoms with E-state index in [1.54, 1.807) is 6.92 Å². The molecule has 0 saturated carbocycles. The minimum atomic E-state index is -1.23. The van der Waals surface area contributed by atoms with E-state index < -0.39 is 43.0 Å². The minimum absolute atomic E-state index is 0.194. The van der Waals surface area contributed by atoms with Crippen molar-refractivity contribution in [2.45, 2.75) is 57.6 Å². The number of nitrogen functional groups attached to an aromatic ring is 1. The largest absolute Gasteiger partial charge is 0.454 e. The van der Waals surface area contributed by atoms with Crippen molar-refractivity contribution in [3.8, 4) is 0 Å². The zero-order chi connectivity index (χ0) is 23.7. The molecule has 1 aliphatic rings. The van der Waals surface area contributed by atoms with Gasteiger partial charge in [-0.2, -0.15) is 0 Å². The van der Waals surface area contributed by atoms with Crippen LogP contribution in [0.25, 0.3) is 11.2 Å². The third-order valence-electron chi connectivity index (χ3n) is 5.88. The molecule has 10 heteroatoms. The van der Waals surface area contributed by atoms with E-state index in [1.165, 1.54) is 22.8 Å². The molecule has 1 saturated heterocycles. The van der Waals surface area contributed by atoms with E-state index in [1.807, 2.05) is 24.3 Å². The van der Waals surface area contributed by atoms with Crippen molar-refractivity contribution >= 4 is 23.0 Å². The summed E-state index contributed by atoms with van der Waals surface area (Å²) in [5.41, 5.74) is 8.61. The van der Waals surface area contributed by atoms with Gasteiger partial charge in [-0.15, -0.1) is 0 Å². The number of hydrogen-bond donors (Lipinski definition) is 3. The van der Waals surface area contributed by atoms with Gasteiger partial charge >= 0.3 is 5.97 Å². The van der Waals surface area contributed by atoms with Gasteiger partial charge < -0.3 is 25.4 Å².